The van der Waals surface area contributed by atoms with E-state index in [9.17, 15) is 19.8 Å². The smallest absolute Gasteiger partial charge is 0.269 e. The summed E-state index contributed by atoms with van der Waals surface area (Å²) < 4.78 is 5.16. The zero-order valence-electron chi connectivity index (χ0n) is 13.4. The van der Waals surface area contributed by atoms with Crippen LogP contribution in [0.3, 0.4) is 0 Å². The van der Waals surface area contributed by atoms with Crippen molar-refractivity contribution in [3.8, 4) is 0 Å². The molecule has 136 valence electrons. The first-order chi connectivity index (χ1) is 12.0. The van der Waals surface area contributed by atoms with Crippen LogP contribution < -0.4 is 21.3 Å². The molecule has 0 aliphatic carbocycles. The number of amides is 2. The molecule has 0 bridgehead atoms. The Morgan fingerprint density at radius 3 is 2.96 bits per heavy atom. The summed E-state index contributed by atoms with van der Waals surface area (Å²) in [4.78, 5) is 26.3. The lowest BCUT2D eigenvalue weighted by Gasteiger charge is -2.35. The average Bonchev–Trinajstić information content (AvgIpc) is 3.12. The fraction of sp³-hybridized carbons (Fsp3) is 0.467. The maximum Gasteiger partial charge on any atom is 0.269 e. The fourth-order valence-electron chi connectivity index (χ4n) is 2.73. The van der Waals surface area contributed by atoms with Crippen LogP contribution in [0.15, 0.2) is 34.6 Å². The molecule has 0 radical (unpaired) electrons. The topological polar surface area (TPSA) is 139 Å². The Morgan fingerprint density at radius 2 is 2.24 bits per heavy atom. The Kier molecular flexibility index (Phi) is 5.34. The van der Waals surface area contributed by atoms with Crippen LogP contribution in [0, 0.1) is 0 Å². The van der Waals surface area contributed by atoms with Crippen LogP contribution in [0.25, 0.3) is 0 Å². The molecule has 10 heteroatoms. The predicted octanol–water partition coefficient (Wildman–Crippen LogP) is -2.63. The molecule has 2 amide bonds. The summed E-state index contributed by atoms with van der Waals surface area (Å²) in [6.07, 6.45) is 0.478. The highest BCUT2D eigenvalue weighted by atomic mass is 16.3. The van der Waals surface area contributed by atoms with Gasteiger partial charge >= 0.3 is 0 Å². The number of nitrogens with one attached hydrogen (secondary N) is 4. The van der Waals surface area contributed by atoms with Crippen molar-refractivity contribution in [2.45, 2.75) is 25.2 Å². The zero-order valence-corrected chi connectivity index (χ0v) is 13.4. The molecule has 0 spiro atoms. The van der Waals surface area contributed by atoms with Gasteiger partial charge in [0.1, 0.15) is 23.7 Å². The number of hydrogen-bond donors (Lipinski definition) is 6. The summed E-state index contributed by atoms with van der Waals surface area (Å²) in [5.74, 6) is 0.0234. The minimum Gasteiger partial charge on any atom is -0.467 e. The molecule has 3 atom stereocenters. The quantitative estimate of drug-likeness (QED) is 0.346. The van der Waals surface area contributed by atoms with Crippen molar-refractivity contribution in [3.05, 3.63) is 35.9 Å². The van der Waals surface area contributed by atoms with Gasteiger partial charge in [0.15, 0.2) is 6.35 Å². The highest BCUT2D eigenvalue weighted by molar-refractivity contribution is 5.94. The van der Waals surface area contributed by atoms with Crippen LogP contribution in [0.1, 0.15) is 5.76 Å². The fourth-order valence-corrected chi connectivity index (χ4v) is 2.73. The van der Waals surface area contributed by atoms with Gasteiger partial charge in [-0.1, -0.05) is 0 Å². The Hall–Kier alpha value is -2.40. The third-order valence-electron chi connectivity index (χ3n) is 3.97. The number of carbonyl (C=O) groups is 2. The highest BCUT2D eigenvalue weighted by Crippen LogP contribution is 2.09. The van der Waals surface area contributed by atoms with Crippen molar-refractivity contribution in [3.63, 3.8) is 0 Å². The SMILES string of the molecule is O=C(NCc1ccco1)C1CN(C(=O)C2=CC(O)NC(O)N2)CCN1. The van der Waals surface area contributed by atoms with E-state index in [1.54, 1.807) is 12.1 Å². The predicted molar refractivity (Wildman–Crippen MR) is 85.3 cm³/mol. The normalized spacial score (nSPS) is 26.6. The second kappa shape index (κ2) is 7.66. The second-order valence-electron chi connectivity index (χ2n) is 5.79. The van der Waals surface area contributed by atoms with E-state index in [2.05, 4.69) is 21.3 Å². The van der Waals surface area contributed by atoms with Gasteiger partial charge < -0.3 is 35.5 Å². The van der Waals surface area contributed by atoms with Gasteiger partial charge in [0.05, 0.1) is 12.8 Å². The van der Waals surface area contributed by atoms with Crippen LogP contribution in [0.2, 0.25) is 0 Å². The van der Waals surface area contributed by atoms with E-state index in [0.29, 0.717) is 18.8 Å². The number of carbonyl (C=O) groups excluding carboxylic acids is 2. The average molecular weight is 351 g/mol. The van der Waals surface area contributed by atoms with Crippen molar-refractivity contribution in [2.24, 2.45) is 0 Å². The van der Waals surface area contributed by atoms with Crippen LogP contribution in [0.5, 0.6) is 0 Å². The summed E-state index contributed by atoms with van der Waals surface area (Å²) in [5, 5.41) is 29.8. The molecule has 10 nitrogen and oxygen atoms in total. The van der Waals surface area contributed by atoms with E-state index >= 15 is 0 Å². The van der Waals surface area contributed by atoms with Crippen molar-refractivity contribution in [2.75, 3.05) is 19.6 Å². The van der Waals surface area contributed by atoms with Crippen molar-refractivity contribution in [1.29, 1.82) is 0 Å². The molecule has 3 rings (SSSR count). The van der Waals surface area contributed by atoms with Gasteiger partial charge in [-0.05, 0) is 18.2 Å². The Labute approximate surface area is 143 Å². The molecule has 0 saturated carbocycles. The van der Waals surface area contributed by atoms with Crippen LogP contribution in [-0.2, 0) is 16.1 Å². The maximum absolute atomic E-state index is 12.5. The van der Waals surface area contributed by atoms with E-state index < -0.39 is 18.6 Å². The van der Waals surface area contributed by atoms with Crippen molar-refractivity contribution >= 4 is 11.8 Å². The minimum atomic E-state index is -1.21. The lowest BCUT2D eigenvalue weighted by molar-refractivity contribution is -0.132. The Balaban J connectivity index is 1.57. The molecule has 2 aliphatic rings. The minimum absolute atomic E-state index is 0.0930. The monoisotopic (exact) mass is 351 g/mol. The Morgan fingerprint density at radius 1 is 1.40 bits per heavy atom. The molecule has 1 aromatic heterocycles. The van der Waals surface area contributed by atoms with Crippen LogP contribution in [0.4, 0.5) is 0 Å². The second-order valence-corrected chi connectivity index (χ2v) is 5.79. The number of aliphatic hydroxyl groups is 2. The molecule has 25 heavy (non-hydrogen) atoms. The molecule has 1 saturated heterocycles. The van der Waals surface area contributed by atoms with Gasteiger partial charge in [0, 0.05) is 19.6 Å². The standard InChI is InChI=1S/C15H21N5O5/c21-12-6-10(18-15(24)19-12)14(23)20-4-3-16-11(8-20)13(22)17-7-9-2-1-5-25-9/h1-2,5-6,11-12,15-16,18-19,21,24H,3-4,7-8H2,(H,17,22). The molecule has 1 aromatic rings. The molecule has 6 N–H and O–H groups in total. The largest absolute Gasteiger partial charge is 0.467 e. The van der Waals surface area contributed by atoms with E-state index in [0.717, 1.165) is 0 Å². The number of piperazine rings is 1. The first kappa shape index (κ1) is 17.4. The number of rotatable bonds is 4. The lowest BCUT2D eigenvalue weighted by Crippen LogP contribution is -2.60. The van der Waals surface area contributed by atoms with E-state index in [4.69, 9.17) is 4.42 Å². The third-order valence-corrected chi connectivity index (χ3v) is 3.97. The first-order valence-corrected chi connectivity index (χ1v) is 7.96. The van der Waals surface area contributed by atoms with Crippen LogP contribution in [-0.4, -0.2) is 65.2 Å². The maximum atomic E-state index is 12.5. The van der Waals surface area contributed by atoms with E-state index in [1.807, 2.05) is 0 Å². The molecule has 3 unspecified atom stereocenters. The number of furan rings is 1. The molecule has 1 fully saturated rings. The van der Waals surface area contributed by atoms with Gasteiger partial charge in [0.2, 0.25) is 5.91 Å². The van der Waals surface area contributed by atoms with Gasteiger partial charge in [0.25, 0.3) is 5.91 Å². The van der Waals surface area contributed by atoms with Crippen molar-refractivity contribution < 1.29 is 24.2 Å². The molecule has 0 aromatic carbocycles. The number of nitrogens with zero attached hydrogens (tertiary/aromatic N) is 1. The van der Waals surface area contributed by atoms with Gasteiger partial charge in [-0.2, -0.15) is 0 Å². The number of hydrogen-bond acceptors (Lipinski definition) is 8. The van der Waals surface area contributed by atoms with Crippen molar-refractivity contribution in [1.82, 2.24) is 26.2 Å². The molecule has 2 aliphatic heterocycles. The van der Waals surface area contributed by atoms with E-state index in [1.165, 1.54) is 17.2 Å². The summed E-state index contributed by atoms with van der Waals surface area (Å²) in [5.41, 5.74) is 0.0930. The van der Waals surface area contributed by atoms with Gasteiger partial charge in [-0.15, -0.1) is 0 Å². The van der Waals surface area contributed by atoms with E-state index in [-0.39, 0.29) is 30.6 Å². The number of aliphatic hydroxyl groups excluding tert-OH is 2. The zero-order chi connectivity index (χ0) is 17.8. The molecular formula is C15H21N5O5. The van der Waals surface area contributed by atoms with Gasteiger partial charge in [-0.25, -0.2) is 5.32 Å². The highest BCUT2D eigenvalue weighted by Gasteiger charge is 2.31. The van der Waals surface area contributed by atoms with Gasteiger partial charge in [-0.3, -0.25) is 9.59 Å². The lowest BCUT2D eigenvalue weighted by atomic mass is 10.1. The first-order valence-electron chi connectivity index (χ1n) is 7.96. The summed E-state index contributed by atoms with van der Waals surface area (Å²) in [6.45, 7) is 1.33. The van der Waals surface area contributed by atoms with Crippen LogP contribution >= 0.6 is 0 Å². The molecular weight excluding hydrogens is 330 g/mol. The summed E-state index contributed by atoms with van der Waals surface area (Å²) in [7, 11) is 0. The molecule has 3 heterocycles. The third kappa shape index (κ3) is 4.37. The Bertz CT molecular complexity index is 647. The summed E-state index contributed by atoms with van der Waals surface area (Å²) in [6, 6.07) is 2.95. The summed E-state index contributed by atoms with van der Waals surface area (Å²) >= 11 is 0.